The molecule has 1 saturated carbocycles. The molecule has 0 N–H and O–H groups in total. The molecular formula is C12H20F3NO. The molecule has 0 atom stereocenters. The summed E-state index contributed by atoms with van der Waals surface area (Å²) in [5.74, 6) is 0.181. The normalized spacial score (nSPS) is 17.4. The summed E-state index contributed by atoms with van der Waals surface area (Å²) in [6, 6.07) is 0. The van der Waals surface area contributed by atoms with E-state index in [1.807, 2.05) is 0 Å². The first-order valence-electron chi connectivity index (χ1n) is 6.27. The number of carbonyl (C=O) groups is 1. The number of carbonyl (C=O) groups excluding carboxylic acids is 1. The van der Waals surface area contributed by atoms with E-state index in [1.165, 1.54) is 12.8 Å². The van der Waals surface area contributed by atoms with E-state index in [4.69, 9.17) is 0 Å². The molecule has 1 aliphatic carbocycles. The van der Waals surface area contributed by atoms with Gasteiger partial charge in [-0.25, -0.2) is 0 Å². The van der Waals surface area contributed by atoms with Crippen molar-refractivity contribution in [1.29, 1.82) is 0 Å². The maximum atomic E-state index is 12.2. The second-order valence-corrected chi connectivity index (χ2v) is 4.71. The molecule has 0 heterocycles. The molecule has 0 bridgehead atoms. The van der Waals surface area contributed by atoms with Crippen LogP contribution in [0.3, 0.4) is 0 Å². The Hall–Kier alpha value is -0.740. The lowest BCUT2D eigenvalue weighted by Gasteiger charge is -2.22. The summed E-state index contributed by atoms with van der Waals surface area (Å²) in [5.41, 5.74) is 0. The zero-order valence-corrected chi connectivity index (χ0v) is 10.2. The molecular weight excluding hydrogens is 231 g/mol. The van der Waals surface area contributed by atoms with Crippen molar-refractivity contribution < 1.29 is 18.0 Å². The minimum Gasteiger partial charge on any atom is -0.334 e. The third kappa shape index (κ3) is 5.41. The van der Waals surface area contributed by atoms with Gasteiger partial charge in [0.2, 0.25) is 5.91 Å². The third-order valence-corrected chi connectivity index (χ3v) is 3.35. The number of hydrogen-bond donors (Lipinski definition) is 0. The van der Waals surface area contributed by atoms with E-state index in [-0.39, 0.29) is 18.9 Å². The van der Waals surface area contributed by atoms with Crippen LogP contribution < -0.4 is 0 Å². The second-order valence-electron chi connectivity index (χ2n) is 4.71. The zero-order chi connectivity index (χ0) is 12.9. The lowest BCUT2D eigenvalue weighted by atomic mass is 10.0. The zero-order valence-electron chi connectivity index (χ0n) is 10.2. The first-order chi connectivity index (χ1) is 7.92. The van der Waals surface area contributed by atoms with E-state index >= 15 is 0 Å². The van der Waals surface area contributed by atoms with Crippen LogP contribution >= 0.6 is 0 Å². The Bertz CT molecular complexity index is 247. The molecule has 0 unspecified atom stereocenters. The van der Waals surface area contributed by atoms with Gasteiger partial charge in [0, 0.05) is 13.0 Å². The van der Waals surface area contributed by atoms with Crippen LogP contribution in [-0.4, -0.2) is 30.1 Å². The van der Waals surface area contributed by atoms with Crippen molar-refractivity contribution in [2.24, 2.45) is 5.92 Å². The molecule has 100 valence electrons. The first kappa shape index (κ1) is 14.3. The highest BCUT2D eigenvalue weighted by atomic mass is 19.4. The molecule has 2 nitrogen and oxygen atoms in total. The molecule has 0 aromatic heterocycles. The Morgan fingerprint density at radius 3 is 2.35 bits per heavy atom. The van der Waals surface area contributed by atoms with E-state index in [2.05, 4.69) is 0 Å². The Morgan fingerprint density at radius 2 is 1.88 bits per heavy atom. The predicted molar refractivity (Wildman–Crippen MR) is 59.5 cm³/mol. The smallest absolute Gasteiger partial charge is 0.334 e. The first-order valence-corrected chi connectivity index (χ1v) is 6.27. The van der Waals surface area contributed by atoms with E-state index in [0.717, 1.165) is 24.2 Å². The van der Waals surface area contributed by atoms with Gasteiger partial charge in [-0.1, -0.05) is 25.7 Å². The van der Waals surface area contributed by atoms with Gasteiger partial charge in [0.1, 0.15) is 6.54 Å². The SMILES string of the molecule is CCN(CC(F)(F)F)C(=O)CCC1CCCC1. The van der Waals surface area contributed by atoms with Gasteiger partial charge in [0.05, 0.1) is 0 Å². The fourth-order valence-corrected chi connectivity index (χ4v) is 2.38. The van der Waals surface area contributed by atoms with E-state index < -0.39 is 12.7 Å². The van der Waals surface area contributed by atoms with Crippen LogP contribution in [-0.2, 0) is 4.79 Å². The highest BCUT2D eigenvalue weighted by molar-refractivity contribution is 5.76. The van der Waals surface area contributed by atoms with Crippen LogP contribution in [0.2, 0.25) is 0 Å². The summed E-state index contributed by atoms with van der Waals surface area (Å²) < 4.78 is 36.6. The predicted octanol–water partition coefficient (Wildman–Crippen LogP) is 3.37. The summed E-state index contributed by atoms with van der Waals surface area (Å²) in [4.78, 5) is 12.5. The van der Waals surface area contributed by atoms with Crippen molar-refractivity contribution in [3.63, 3.8) is 0 Å². The van der Waals surface area contributed by atoms with E-state index in [9.17, 15) is 18.0 Å². The molecule has 1 rings (SSSR count). The van der Waals surface area contributed by atoms with E-state index in [0.29, 0.717) is 5.92 Å². The molecule has 1 amide bonds. The van der Waals surface area contributed by atoms with Crippen LogP contribution in [0.1, 0.15) is 45.4 Å². The number of halogens is 3. The molecule has 17 heavy (non-hydrogen) atoms. The van der Waals surface area contributed by atoms with Gasteiger partial charge >= 0.3 is 6.18 Å². The largest absolute Gasteiger partial charge is 0.406 e. The quantitative estimate of drug-likeness (QED) is 0.733. The molecule has 0 aromatic carbocycles. The summed E-state index contributed by atoms with van der Waals surface area (Å²) in [7, 11) is 0. The summed E-state index contributed by atoms with van der Waals surface area (Å²) >= 11 is 0. The van der Waals surface area contributed by atoms with Gasteiger partial charge < -0.3 is 4.90 Å². The Morgan fingerprint density at radius 1 is 1.29 bits per heavy atom. The van der Waals surface area contributed by atoms with Crippen molar-refractivity contribution in [3.05, 3.63) is 0 Å². The lowest BCUT2D eigenvalue weighted by molar-refractivity contribution is -0.160. The molecule has 0 aromatic rings. The fraction of sp³-hybridized carbons (Fsp3) is 0.917. The Labute approximate surface area is 100 Å². The highest BCUT2D eigenvalue weighted by Crippen LogP contribution is 2.28. The van der Waals surface area contributed by atoms with Crippen molar-refractivity contribution in [3.8, 4) is 0 Å². The van der Waals surface area contributed by atoms with Crippen LogP contribution in [0, 0.1) is 5.92 Å². The molecule has 1 fully saturated rings. The highest BCUT2D eigenvalue weighted by Gasteiger charge is 2.32. The minimum absolute atomic E-state index is 0.128. The van der Waals surface area contributed by atoms with Gasteiger partial charge in [-0.2, -0.15) is 13.2 Å². The average molecular weight is 251 g/mol. The number of alkyl halides is 3. The molecule has 1 aliphatic rings. The Balaban J connectivity index is 2.32. The van der Waals surface area contributed by atoms with Crippen LogP contribution in [0.25, 0.3) is 0 Å². The van der Waals surface area contributed by atoms with Gasteiger partial charge in [-0.3, -0.25) is 4.79 Å². The Kier molecular flexibility index (Phi) is 5.28. The summed E-state index contributed by atoms with van der Waals surface area (Å²) in [6.45, 7) is 0.592. The van der Waals surface area contributed by atoms with Crippen molar-refractivity contribution >= 4 is 5.91 Å². The van der Waals surface area contributed by atoms with Gasteiger partial charge in [-0.15, -0.1) is 0 Å². The van der Waals surface area contributed by atoms with E-state index in [1.54, 1.807) is 6.92 Å². The van der Waals surface area contributed by atoms with Crippen LogP contribution in [0.15, 0.2) is 0 Å². The van der Waals surface area contributed by atoms with Crippen LogP contribution in [0.5, 0.6) is 0 Å². The van der Waals surface area contributed by atoms with Crippen molar-refractivity contribution in [2.45, 2.75) is 51.6 Å². The molecule has 0 radical (unpaired) electrons. The maximum absolute atomic E-state index is 12.2. The van der Waals surface area contributed by atoms with Gasteiger partial charge in [0.25, 0.3) is 0 Å². The van der Waals surface area contributed by atoms with Gasteiger partial charge in [0.15, 0.2) is 0 Å². The van der Waals surface area contributed by atoms with Crippen molar-refractivity contribution in [2.75, 3.05) is 13.1 Å². The number of amides is 1. The number of rotatable bonds is 5. The topological polar surface area (TPSA) is 20.3 Å². The monoisotopic (exact) mass is 251 g/mol. The van der Waals surface area contributed by atoms with Crippen LogP contribution in [0.4, 0.5) is 13.2 Å². The number of hydrogen-bond acceptors (Lipinski definition) is 1. The minimum atomic E-state index is -4.29. The van der Waals surface area contributed by atoms with Gasteiger partial charge in [-0.05, 0) is 19.3 Å². The molecule has 0 aliphatic heterocycles. The second kappa shape index (κ2) is 6.26. The molecule has 5 heteroatoms. The molecule has 0 spiro atoms. The number of nitrogens with zero attached hydrogens (tertiary/aromatic N) is 1. The maximum Gasteiger partial charge on any atom is 0.406 e. The average Bonchev–Trinajstić information content (AvgIpc) is 2.74. The third-order valence-electron chi connectivity index (χ3n) is 3.35. The summed E-state index contributed by atoms with van der Waals surface area (Å²) in [6.07, 6.45) is 1.34. The fourth-order valence-electron chi connectivity index (χ4n) is 2.38. The van der Waals surface area contributed by atoms with Crippen molar-refractivity contribution in [1.82, 2.24) is 4.90 Å². The lowest BCUT2D eigenvalue weighted by Crippen LogP contribution is -2.38. The standard InChI is InChI=1S/C12H20F3NO/c1-2-16(9-12(13,14)15)11(17)8-7-10-5-3-4-6-10/h10H,2-9H2,1H3. The molecule has 0 saturated heterocycles. The summed E-state index contributed by atoms with van der Waals surface area (Å²) in [5, 5.41) is 0.